The summed E-state index contributed by atoms with van der Waals surface area (Å²) in [4.78, 5) is 2.10. The van der Waals surface area contributed by atoms with Gasteiger partial charge in [-0.1, -0.05) is 54.1 Å². The Bertz CT molecular complexity index is 964. The summed E-state index contributed by atoms with van der Waals surface area (Å²) in [6.07, 6.45) is 6.95. The molecule has 28 heavy (non-hydrogen) atoms. The Labute approximate surface area is 170 Å². The molecular weight excluding hydrogens is 366 g/mol. The SMILES string of the molecule is Clc1ccc(-c2nn(C3C4CC5CC(C4)CC3C5)nc2-c2ccccc2)cc1. The molecule has 3 nitrogen and oxygen atoms in total. The topological polar surface area (TPSA) is 30.7 Å². The highest BCUT2D eigenvalue weighted by atomic mass is 35.5. The lowest BCUT2D eigenvalue weighted by molar-refractivity contribution is -0.0387. The van der Waals surface area contributed by atoms with Crippen molar-refractivity contribution in [3.63, 3.8) is 0 Å². The summed E-state index contributed by atoms with van der Waals surface area (Å²) in [5.41, 5.74) is 4.16. The molecule has 0 aliphatic heterocycles. The zero-order valence-corrected chi connectivity index (χ0v) is 16.6. The molecule has 0 unspecified atom stereocenters. The smallest absolute Gasteiger partial charge is 0.121 e. The number of nitrogens with zero attached hydrogens (tertiary/aromatic N) is 3. The molecule has 0 atom stereocenters. The largest absolute Gasteiger partial charge is 0.180 e. The van der Waals surface area contributed by atoms with Crippen molar-refractivity contribution >= 4 is 11.6 Å². The maximum atomic E-state index is 6.12. The van der Waals surface area contributed by atoms with Crippen LogP contribution in [0.1, 0.15) is 38.1 Å². The molecular formula is C24H24ClN3. The fourth-order valence-corrected chi connectivity index (χ4v) is 6.45. The van der Waals surface area contributed by atoms with Gasteiger partial charge in [-0.05, 0) is 67.9 Å². The molecule has 0 saturated heterocycles. The van der Waals surface area contributed by atoms with Gasteiger partial charge in [0.2, 0.25) is 0 Å². The molecule has 4 fully saturated rings. The van der Waals surface area contributed by atoms with Crippen LogP contribution in [0.15, 0.2) is 54.6 Å². The van der Waals surface area contributed by atoms with Crippen LogP contribution in [0.4, 0.5) is 0 Å². The van der Waals surface area contributed by atoms with Crippen molar-refractivity contribution in [3.05, 3.63) is 59.6 Å². The van der Waals surface area contributed by atoms with Crippen molar-refractivity contribution in [3.8, 4) is 22.5 Å². The van der Waals surface area contributed by atoms with Crippen LogP contribution < -0.4 is 0 Å². The first kappa shape index (κ1) is 16.8. The van der Waals surface area contributed by atoms with Gasteiger partial charge in [0.05, 0.1) is 6.04 Å². The number of hydrogen-bond acceptors (Lipinski definition) is 2. The molecule has 4 bridgehead atoms. The van der Waals surface area contributed by atoms with Gasteiger partial charge in [0.15, 0.2) is 0 Å². The molecule has 142 valence electrons. The van der Waals surface area contributed by atoms with Crippen molar-refractivity contribution in [2.75, 3.05) is 0 Å². The van der Waals surface area contributed by atoms with Gasteiger partial charge >= 0.3 is 0 Å². The van der Waals surface area contributed by atoms with Crippen molar-refractivity contribution < 1.29 is 0 Å². The Morgan fingerprint density at radius 2 is 1.21 bits per heavy atom. The molecule has 0 amide bonds. The Morgan fingerprint density at radius 3 is 1.79 bits per heavy atom. The van der Waals surface area contributed by atoms with Crippen molar-refractivity contribution in [2.24, 2.45) is 23.7 Å². The van der Waals surface area contributed by atoms with Gasteiger partial charge in [-0.25, -0.2) is 0 Å². The quantitative estimate of drug-likeness (QED) is 0.529. The van der Waals surface area contributed by atoms with E-state index in [4.69, 9.17) is 21.8 Å². The van der Waals surface area contributed by atoms with Crippen LogP contribution in [0.5, 0.6) is 0 Å². The summed E-state index contributed by atoms with van der Waals surface area (Å²) < 4.78 is 0. The predicted molar refractivity (Wildman–Crippen MR) is 112 cm³/mol. The number of benzene rings is 2. The minimum absolute atomic E-state index is 0.469. The van der Waals surface area contributed by atoms with E-state index in [9.17, 15) is 0 Å². The summed E-state index contributed by atoms with van der Waals surface area (Å²) in [5, 5.41) is 10.9. The van der Waals surface area contributed by atoms with E-state index in [0.29, 0.717) is 6.04 Å². The van der Waals surface area contributed by atoms with Gasteiger partial charge in [0, 0.05) is 16.1 Å². The third kappa shape index (κ3) is 2.71. The van der Waals surface area contributed by atoms with E-state index in [1.54, 1.807) is 0 Å². The third-order valence-corrected chi connectivity index (χ3v) is 7.49. The van der Waals surface area contributed by atoms with Crippen LogP contribution >= 0.6 is 11.6 Å². The minimum atomic E-state index is 0.469. The second-order valence-corrected chi connectivity index (χ2v) is 9.45. The van der Waals surface area contributed by atoms with E-state index in [2.05, 4.69) is 41.2 Å². The Morgan fingerprint density at radius 1 is 0.679 bits per heavy atom. The fourth-order valence-electron chi connectivity index (χ4n) is 6.32. The molecule has 7 rings (SSSR count). The first-order chi connectivity index (χ1) is 13.7. The molecule has 1 heterocycles. The molecule has 2 aromatic carbocycles. The zero-order valence-electron chi connectivity index (χ0n) is 15.8. The second-order valence-electron chi connectivity index (χ2n) is 9.01. The van der Waals surface area contributed by atoms with Crippen LogP contribution in [0, 0.1) is 23.7 Å². The fraction of sp³-hybridized carbons (Fsp3) is 0.417. The third-order valence-electron chi connectivity index (χ3n) is 7.24. The van der Waals surface area contributed by atoms with Gasteiger partial charge in [-0.2, -0.15) is 15.0 Å². The summed E-state index contributed by atoms with van der Waals surface area (Å²) in [6, 6.07) is 18.9. The average molecular weight is 390 g/mol. The van der Waals surface area contributed by atoms with Crippen molar-refractivity contribution in [2.45, 2.75) is 38.1 Å². The number of halogens is 1. The first-order valence-corrected chi connectivity index (χ1v) is 10.9. The van der Waals surface area contributed by atoms with Crippen LogP contribution in [0.2, 0.25) is 5.02 Å². The number of hydrogen-bond donors (Lipinski definition) is 0. The van der Waals surface area contributed by atoms with Gasteiger partial charge in [0.25, 0.3) is 0 Å². The van der Waals surface area contributed by atoms with E-state index >= 15 is 0 Å². The molecule has 0 N–H and O–H groups in total. The van der Waals surface area contributed by atoms with Crippen LogP contribution in [-0.4, -0.2) is 15.0 Å². The summed E-state index contributed by atoms with van der Waals surface area (Å²) in [7, 11) is 0. The van der Waals surface area contributed by atoms with Crippen molar-refractivity contribution in [1.29, 1.82) is 0 Å². The van der Waals surface area contributed by atoms with E-state index in [0.717, 1.165) is 51.2 Å². The molecule has 1 aromatic heterocycles. The molecule has 4 aliphatic carbocycles. The zero-order chi connectivity index (χ0) is 18.7. The van der Waals surface area contributed by atoms with Gasteiger partial charge in [-0.15, -0.1) is 0 Å². The number of rotatable bonds is 3. The summed E-state index contributed by atoms with van der Waals surface area (Å²) in [6.45, 7) is 0. The normalized spacial score (nSPS) is 30.7. The molecule has 4 heteroatoms. The summed E-state index contributed by atoms with van der Waals surface area (Å²) in [5.74, 6) is 3.42. The van der Waals surface area contributed by atoms with Crippen molar-refractivity contribution in [1.82, 2.24) is 15.0 Å². The Kier molecular flexibility index (Phi) is 3.87. The Hall–Kier alpha value is -2.13. The van der Waals surface area contributed by atoms with Crippen LogP contribution in [0.25, 0.3) is 22.5 Å². The number of aromatic nitrogens is 3. The standard InChI is InChI=1S/C24H24ClN3/c25-21-8-6-18(7-9-21)23-22(17-4-2-1-3-5-17)26-28(27-23)24-19-11-15-10-16(13-19)14-20(24)12-15/h1-9,15-16,19-20,24H,10-14H2. The van der Waals surface area contributed by atoms with E-state index in [1.807, 2.05) is 18.2 Å². The highest BCUT2D eigenvalue weighted by Gasteiger charge is 2.50. The second kappa shape index (κ2) is 6.45. The maximum Gasteiger partial charge on any atom is 0.121 e. The van der Waals surface area contributed by atoms with E-state index in [-0.39, 0.29) is 0 Å². The van der Waals surface area contributed by atoms with E-state index < -0.39 is 0 Å². The molecule has 0 radical (unpaired) electrons. The lowest BCUT2D eigenvalue weighted by atomic mass is 9.54. The predicted octanol–water partition coefficient (Wildman–Crippen LogP) is 6.26. The monoisotopic (exact) mass is 389 g/mol. The molecule has 4 aliphatic rings. The molecule has 4 saturated carbocycles. The molecule has 3 aromatic rings. The average Bonchev–Trinajstić information content (AvgIpc) is 3.13. The minimum Gasteiger partial charge on any atom is -0.180 e. The van der Waals surface area contributed by atoms with Crippen LogP contribution in [0.3, 0.4) is 0 Å². The lowest BCUT2D eigenvalue weighted by Crippen LogP contribution is -2.46. The Balaban J connectivity index is 1.46. The highest BCUT2D eigenvalue weighted by Crippen LogP contribution is 2.58. The molecule has 0 spiro atoms. The van der Waals surface area contributed by atoms with Gasteiger partial charge < -0.3 is 0 Å². The van der Waals surface area contributed by atoms with E-state index in [1.165, 1.54) is 32.1 Å². The summed E-state index contributed by atoms with van der Waals surface area (Å²) >= 11 is 6.12. The maximum absolute atomic E-state index is 6.12. The van der Waals surface area contributed by atoms with Gasteiger partial charge in [0.1, 0.15) is 11.4 Å². The van der Waals surface area contributed by atoms with Gasteiger partial charge in [-0.3, -0.25) is 0 Å². The van der Waals surface area contributed by atoms with Crippen LogP contribution in [-0.2, 0) is 0 Å². The highest BCUT2D eigenvalue weighted by molar-refractivity contribution is 6.30. The first-order valence-electron chi connectivity index (χ1n) is 10.5. The lowest BCUT2D eigenvalue weighted by Gasteiger charge is -2.53.